The number of methoxy groups -OCH3 is 1. The van der Waals surface area contributed by atoms with Crippen LogP contribution in [0.2, 0.25) is 0 Å². The molecule has 0 fully saturated rings. The van der Waals surface area contributed by atoms with Gasteiger partial charge in [-0.1, -0.05) is 12.1 Å². The monoisotopic (exact) mass is 351 g/mol. The number of para-hydroxylation sites is 2. The van der Waals surface area contributed by atoms with Gasteiger partial charge in [-0.05, 0) is 50.2 Å². The summed E-state index contributed by atoms with van der Waals surface area (Å²) < 4.78 is 11.0. The summed E-state index contributed by atoms with van der Waals surface area (Å²) in [5, 5.41) is 14.3. The normalized spacial score (nSPS) is 10.5. The van der Waals surface area contributed by atoms with Crippen LogP contribution in [-0.2, 0) is 0 Å². The van der Waals surface area contributed by atoms with Crippen molar-refractivity contribution < 1.29 is 9.47 Å². The first-order valence-electron chi connectivity index (χ1n) is 8.27. The fourth-order valence-electron chi connectivity index (χ4n) is 2.32. The van der Waals surface area contributed by atoms with Crippen molar-refractivity contribution >= 4 is 23.1 Å². The third-order valence-corrected chi connectivity index (χ3v) is 3.41. The Bertz CT molecular complexity index is 853. The van der Waals surface area contributed by atoms with Crippen LogP contribution in [0.1, 0.15) is 13.8 Å². The van der Waals surface area contributed by atoms with Crippen LogP contribution < -0.4 is 20.1 Å². The van der Waals surface area contributed by atoms with Gasteiger partial charge in [0.2, 0.25) is 5.95 Å². The van der Waals surface area contributed by atoms with E-state index in [-0.39, 0.29) is 6.10 Å². The van der Waals surface area contributed by atoms with Crippen molar-refractivity contribution in [2.24, 2.45) is 0 Å². The summed E-state index contributed by atoms with van der Waals surface area (Å²) in [6.45, 7) is 3.99. The molecule has 1 aromatic heterocycles. The molecular weight excluding hydrogens is 330 g/mol. The number of ether oxygens (including phenoxy) is 2. The van der Waals surface area contributed by atoms with E-state index in [1.807, 2.05) is 62.4 Å². The molecule has 0 atom stereocenters. The smallest absolute Gasteiger partial charge is 0.249 e. The summed E-state index contributed by atoms with van der Waals surface area (Å²) in [6, 6.07) is 15.2. The molecule has 0 radical (unpaired) electrons. The molecule has 2 N–H and O–H groups in total. The Hall–Kier alpha value is -3.35. The summed E-state index contributed by atoms with van der Waals surface area (Å²) in [6.07, 6.45) is 1.70. The van der Waals surface area contributed by atoms with Crippen molar-refractivity contribution in [3.63, 3.8) is 0 Å². The quantitative estimate of drug-likeness (QED) is 0.661. The van der Waals surface area contributed by atoms with Crippen LogP contribution in [-0.4, -0.2) is 28.4 Å². The van der Waals surface area contributed by atoms with Crippen LogP contribution in [0.5, 0.6) is 11.5 Å². The summed E-state index contributed by atoms with van der Waals surface area (Å²) in [7, 11) is 1.62. The zero-order valence-corrected chi connectivity index (χ0v) is 14.9. The topological polar surface area (TPSA) is 81.2 Å². The van der Waals surface area contributed by atoms with E-state index in [2.05, 4.69) is 25.8 Å². The van der Waals surface area contributed by atoms with Gasteiger partial charge in [0.25, 0.3) is 0 Å². The standard InChI is InChI=1S/C19H21N5O2/c1-13(2)26-15-10-8-14(9-11-15)21-18-12-20-24-19(23-18)22-16-6-4-5-7-17(16)25-3/h4-13H,1-3H3,(H2,21,22,23,24). The number of rotatable bonds is 7. The number of aromatic nitrogens is 3. The molecule has 0 aliphatic rings. The summed E-state index contributed by atoms with van der Waals surface area (Å²) >= 11 is 0. The van der Waals surface area contributed by atoms with Gasteiger partial charge in [-0.15, -0.1) is 5.10 Å². The first-order chi connectivity index (χ1) is 12.6. The third-order valence-electron chi connectivity index (χ3n) is 3.41. The highest BCUT2D eigenvalue weighted by atomic mass is 16.5. The number of hydrogen-bond acceptors (Lipinski definition) is 7. The average Bonchev–Trinajstić information content (AvgIpc) is 2.64. The van der Waals surface area contributed by atoms with Crippen LogP contribution in [0.25, 0.3) is 0 Å². The molecule has 3 rings (SSSR count). The molecule has 0 saturated heterocycles. The maximum absolute atomic E-state index is 5.64. The summed E-state index contributed by atoms with van der Waals surface area (Å²) in [5.41, 5.74) is 1.65. The number of nitrogens with zero attached hydrogens (tertiary/aromatic N) is 3. The lowest BCUT2D eigenvalue weighted by Crippen LogP contribution is -2.05. The van der Waals surface area contributed by atoms with Crippen LogP contribution in [0.4, 0.5) is 23.1 Å². The molecule has 2 aromatic carbocycles. The molecule has 134 valence electrons. The van der Waals surface area contributed by atoms with Crippen molar-refractivity contribution in [2.75, 3.05) is 17.7 Å². The highest BCUT2D eigenvalue weighted by Gasteiger charge is 2.06. The highest BCUT2D eigenvalue weighted by molar-refractivity contribution is 5.63. The maximum atomic E-state index is 5.64. The van der Waals surface area contributed by atoms with Gasteiger partial charge in [-0.25, -0.2) is 0 Å². The predicted octanol–water partition coefficient (Wildman–Crippen LogP) is 4.15. The number of hydrogen-bond donors (Lipinski definition) is 2. The SMILES string of the molecule is COc1ccccc1Nc1nncc(Nc2ccc(OC(C)C)cc2)n1. The minimum absolute atomic E-state index is 0.142. The molecule has 0 unspecified atom stereocenters. The van der Waals surface area contributed by atoms with E-state index in [4.69, 9.17) is 9.47 Å². The van der Waals surface area contributed by atoms with Crippen LogP contribution in [0, 0.1) is 0 Å². The first kappa shape index (κ1) is 17.5. The molecule has 7 heteroatoms. The number of benzene rings is 2. The molecule has 0 aliphatic heterocycles. The van der Waals surface area contributed by atoms with E-state index in [1.54, 1.807) is 13.3 Å². The van der Waals surface area contributed by atoms with Crippen LogP contribution in [0.15, 0.2) is 54.7 Å². The number of anilines is 4. The van der Waals surface area contributed by atoms with Crippen molar-refractivity contribution in [3.8, 4) is 11.5 Å². The van der Waals surface area contributed by atoms with Gasteiger partial charge in [0, 0.05) is 5.69 Å². The lowest BCUT2D eigenvalue weighted by molar-refractivity contribution is 0.242. The van der Waals surface area contributed by atoms with E-state index in [9.17, 15) is 0 Å². The van der Waals surface area contributed by atoms with E-state index in [0.29, 0.717) is 17.5 Å². The van der Waals surface area contributed by atoms with Crippen LogP contribution in [0.3, 0.4) is 0 Å². The largest absolute Gasteiger partial charge is 0.495 e. The van der Waals surface area contributed by atoms with Crippen molar-refractivity contribution in [1.82, 2.24) is 15.2 Å². The predicted molar refractivity (Wildman–Crippen MR) is 102 cm³/mol. The zero-order valence-electron chi connectivity index (χ0n) is 14.9. The second-order valence-electron chi connectivity index (χ2n) is 5.81. The van der Waals surface area contributed by atoms with Gasteiger partial charge in [0.1, 0.15) is 11.5 Å². The fourth-order valence-corrected chi connectivity index (χ4v) is 2.32. The van der Waals surface area contributed by atoms with Crippen molar-refractivity contribution in [2.45, 2.75) is 20.0 Å². The molecule has 7 nitrogen and oxygen atoms in total. The third kappa shape index (κ3) is 4.60. The first-order valence-corrected chi connectivity index (χ1v) is 8.27. The van der Waals surface area contributed by atoms with E-state index < -0.39 is 0 Å². The van der Waals surface area contributed by atoms with Gasteiger partial charge in [-0.3, -0.25) is 0 Å². The summed E-state index contributed by atoms with van der Waals surface area (Å²) in [5.74, 6) is 2.48. The minimum atomic E-state index is 0.142. The van der Waals surface area contributed by atoms with Gasteiger partial charge in [0.15, 0.2) is 5.82 Å². The van der Waals surface area contributed by atoms with Crippen LogP contribution >= 0.6 is 0 Å². The van der Waals surface area contributed by atoms with Crippen molar-refractivity contribution in [1.29, 1.82) is 0 Å². The Kier molecular flexibility index (Phi) is 5.48. The molecule has 0 aliphatic carbocycles. The summed E-state index contributed by atoms with van der Waals surface area (Å²) in [4.78, 5) is 4.43. The number of nitrogens with one attached hydrogen (secondary N) is 2. The Morgan fingerprint density at radius 3 is 2.46 bits per heavy atom. The Morgan fingerprint density at radius 1 is 0.962 bits per heavy atom. The highest BCUT2D eigenvalue weighted by Crippen LogP contribution is 2.26. The average molecular weight is 351 g/mol. The van der Waals surface area contributed by atoms with Gasteiger partial charge < -0.3 is 20.1 Å². The fraction of sp³-hybridized carbons (Fsp3) is 0.211. The second-order valence-corrected chi connectivity index (χ2v) is 5.81. The molecule has 26 heavy (non-hydrogen) atoms. The minimum Gasteiger partial charge on any atom is -0.495 e. The molecule has 1 heterocycles. The Labute approximate surface area is 152 Å². The zero-order chi connectivity index (χ0) is 18.4. The van der Waals surface area contributed by atoms with E-state index >= 15 is 0 Å². The molecule has 3 aromatic rings. The second kappa shape index (κ2) is 8.15. The lowest BCUT2D eigenvalue weighted by atomic mass is 10.3. The Balaban J connectivity index is 1.71. The molecule has 0 bridgehead atoms. The lowest BCUT2D eigenvalue weighted by Gasteiger charge is -2.12. The van der Waals surface area contributed by atoms with E-state index in [0.717, 1.165) is 17.1 Å². The molecule has 0 spiro atoms. The van der Waals surface area contributed by atoms with E-state index in [1.165, 1.54) is 0 Å². The molecule has 0 amide bonds. The Morgan fingerprint density at radius 2 is 1.73 bits per heavy atom. The van der Waals surface area contributed by atoms with Gasteiger partial charge in [0.05, 0.1) is 25.1 Å². The molecular formula is C19H21N5O2. The van der Waals surface area contributed by atoms with Gasteiger partial charge in [-0.2, -0.15) is 10.1 Å². The van der Waals surface area contributed by atoms with Crippen molar-refractivity contribution in [3.05, 3.63) is 54.7 Å². The molecule has 0 saturated carbocycles. The van der Waals surface area contributed by atoms with Gasteiger partial charge >= 0.3 is 0 Å². The maximum Gasteiger partial charge on any atom is 0.249 e.